The van der Waals surface area contributed by atoms with Crippen molar-refractivity contribution in [3.05, 3.63) is 53.1 Å². The highest BCUT2D eigenvalue weighted by atomic mass is 35.5. The predicted molar refractivity (Wildman–Crippen MR) is 111 cm³/mol. The van der Waals surface area contributed by atoms with Crippen LogP contribution in [0.4, 0.5) is 21.6 Å². The molecule has 5 nitrogen and oxygen atoms in total. The maximum Gasteiger partial charge on any atom is 0.165 e. The van der Waals surface area contributed by atoms with Gasteiger partial charge in [-0.1, -0.05) is 29.5 Å². The van der Waals surface area contributed by atoms with E-state index in [4.69, 9.17) is 17.3 Å². The van der Waals surface area contributed by atoms with Gasteiger partial charge in [0.05, 0.1) is 21.6 Å². The number of hydrogen-bond acceptors (Lipinski definition) is 5. The second-order valence-corrected chi connectivity index (χ2v) is 7.80. The van der Waals surface area contributed by atoms with Crippen molar-refractivity contribution in [3.8, 4) is 11.8 Å². The Hall–Kier alpha value is -2.88. The number of nitrogens with two attached hydrogens (primary N) is 1. The minimum atomic E-state index is -0.537. The first-order valence-corrected chi connectivity index (χ1v) is 9.19. The minimum Gasteiger partial charge on any atom is -0.398 e. The van der Waals surface area contributed by atoms with Crippen molar-refractivity contribution in [1.82, 2.24) is 14.9 Å². The Balaban J connectivity index is 1.70. The van der Waals surface area contributed by atoms with Gasteiger partial charge in [-0.05, 0) is 38.2 Å². The topological polar surface area (TPSA) is 67.1 Å². The Morgan fingerprint density at radius 3 is 2.82 bits per heavy atom. The van der Waals surface area contributed by atoms with Gasteiger partial charge >= 0.3 is 0 Å². The second kappa shape index (κ2) is 6.93. The summed E-state index contributed by atoms with van der Waals surface area (Å²) < 4.78 is 14.2. The van der Waals surface area contributed by atoms with E-state index in [9.17, 15) is 4.39 Å². The van der Waals surface area contributed by atoms with Crippen LogP contribution in [-0.2, 0) is 0 Å². The first kappa shape index (κ1) is 18.5. The summed E-state index contributed by atoms with van der Waals surface area (Å²) in [7, 11) is 2.07. The molecule has 1 aliphatic heterocycles. The number of nitrogen functional groups attached to an aromatic ring is 1. The molecule has 2 aromatic carbocycles. The molecule has 0 bridgehead atoms. The van der Waals surface area contributed by atoms with Crippen LogP contribution >= 0.6 is 11.6 Å². The lowest BCUT2D eigenvalue weighted by atomic mass is 9.83. The van der Waals surface area contributed by atoms with Gasteiger partial charge in [0.2, 0.25) is 0 Å². The van der Waals surface area contributed by atoms with Crippen LogP contribution < -0.4 is 11.1 Å². The molecule has 0 spiro atoms. The average molecular weight is 396 g/mol. The molecule has 0 unspecified atom stereocenters. The van der Waals surface area contributed by atoms with Gasteiger partial charge in [0.1, 0.15) is 12.1 Å². The SMILES string of the molecule is CN1CC(C)(C#Cc2cc3ncnc(Nc4cccc(Cl)c4F)c3cc2N)C1. The highest BCUT2D eigenvalue weighted by molar-refractivity contribution is 6.31. The first-order valence-electron chi connectivity index (χ1n) is 8.82. The quantitative estimate of drug-likeness (QED) is 0.506. The van der Waals surface area contributed by atoms with Crippen LogP contribution in [0.1, 0.15) is 12.5 Å². The highest BCUT2D eigenvalue weighted by Gasteiger charge is 2.34. The van der Waals surface area contributed by atoms with E-state index in [0.717, 1.165) is 18.7 Å². The van der Waals surface area contributed by atoms with Gasteiger partial charge < -0.3 is 16.0 Å². The van der Waals surface area contributed by atoms with Crippen LogP contribution in [0.25, 0.3) is 10.9 Å². The van der Waals surface area contributed by atoms with Crippen LogP contribution in [-0.4, -0.2) is 35.0 Å². The number of aromatic nitrogens is 2. The van der Waals surface area contributed by atoms with E-state index in [2.05, 4.69) is 46.0 Å². The average Bonchev–Trinajstić information content (AvgIpc) is 2.63. The molecule has 1 aromatic heterocycles. The highest BCUT2D eigenvalue weighted by Crippen LogP contribution is 2.31. The first-order chi connectivity index (χ1) is 13.3. The maximum atomic E-state index is 14.2. The van der Waals surface area contributed by atoms with Gasteiger partial charge in [0, 0.05) is 29.7 Å². The second-order valence-electron chi connectivity index (χ2n) is 7.39. The third-order valence-electron chi connectivity index (χ3n) is 4.75. The van der Waals surface area contributed by atoms with Crippen LogP contribution in [0.2, 0.25) is 5.02 Å². The molecule has 1 fully saturated rings. The summed E-state index contributed by atoms with van der Waals surface area (Å²) >= 11 is 5.86. The van der Waals surface area contributed by atoms with E-state index in [1.807, 2.05) is 6.07 Å². The third-order valence-corrected chi connectivity index (χ3v) is 5.04. The molecule has 1 saturated heterocycles. The number of hydrogen-bond donors (Lipinski definition) is 2. The van der Waals surface area contributed by atoms with E-state index in [0.29, 0.717) is 22.4 Å². The zero-order valence-corrected chi connectivity index (χ0v) is 16.3. The van der Waals surface area contributed by atoms with Crippen molar-refractivity contribution in [2.75, 3.05) is 31.2 Å². The summed E-state index contributed by atoms with van der Waals surface area (Å²) in [5, 5.41) is 3.69. The zero-order valence-electron chi connectivity index (χ0n) is 15.6. The molecule has 0 radical (unpaired) electrons. The Kier molecular flexibility index (Phi) is 4.58. The summed E-state index contributed by atoms with van der Waals surface area (Å²) in [5.41, 5.74) is 8.37. The van der Waals surface area contributed by atoms with Crippen LogP contribution in [0.5, 0.6) is 0 Å². The molecule has 3 N–H and O–H groups in total. The summed E-state index contributed by atoms with van der Waals surface area (Å²) in [4.78, 5) is 10.8. The van der Waals surface area contributed by atoms with E-state index < -0.39 is 5.82 Å². The van der Waals surface area contributed by atoms with Crippen molar-refractivity contribution < 1.29 is 4.39 Å². The van der Waals surface area contributed by atoms with Gasteiger partial charge in [-0.2, -0.15) is 0 Å². The number of rotatable bonds is 2. The van der Waals surface area contributed by atoms with Gasteiger partial charge in [0.15, 0.2) is 5.82 Å². The lowest BCUT2D eigenvalue weighted by Gasteiger charge is -2.42. The zero-order chi connectivity index (χ0) is 19.9. The smallest absolute Gasteiger partial charge is 0.165 e. The van der Waals surface area contributed by atoms with Crippen molar-refractivity contribution in [2.45, 2.75) is 6.92 Å². The third kappa shape index (κ3) is 3.47. The number of anilines is 3. The minimum absolute atomic E-state index is 0.0152. The molecule has 3 aromatic rings. The van der Waals surface area contributed by atoms with Crippen molar-refractivity contribution in [1.29, 1.82) is 0 Å². The Morgan fingerprint density at radius 1 is 1.29 bits per heavy atom. The Bertz CT molecular complexity index is 1130. The maximum absolute atomic E-state index is 14.2. The molecule has 0 saturated carbocycles. The number of nitrogens with one attached hydrogen (secondary N) is 1. The number of fused-ring (bicyclic) bond motifs is 1. The van der Waals surface area contributed by atoms with E-state index in [1.54, 1.807) is 18.2 Å². The van der Waals surface area contributed by atoms with Crippen molar-refractivity contribution in [2.24, 2.45) is 5.41 Å². The molecule has 2 heterocycles. The normalized spacial score (nSPS) is 15.6. The standard InChI is InChI=1S/C21H19ClFN5/c1-21(10-28(2)11-21)7-6-13-8-18-14(9-16(13)24)20(26-12-25-18)27-17-5-3-4-15(22)19(17)23/h3-5,8-9,12H,10-11,24H2,1-2H3,(H,25,26,27). The number of halogens is 2. The molecule has 28 heavy (non-hydrogen) atoms. The van der Waals surface area contributed by atoms with Gasteiger partial charge in [-0.3, -0.25) is 0 Å². The van der Waals surface area contributed by atoms with E-state index in [1.165, 1.54) is 12.4 Å². The molecular formula is C21H19ClFN5. The molecule has 0 aliphatic carbocycles. The molecule has 7 heteroatoms. The molecular weight excluding hydrogens is 377 g/mol. The van der Waals surface area contributed by atoms with E-state index >= 15 is 0 Å². The fourth-order valence-corrected chi connectivity index (χ4v) is 3.67. The number of benzene rings is 2. The number of nitrogens with zero attached hydrogens (tertiary/aromatic N) is 3. The summed E-state index contributed by atoms with van der Waals surface area (Å²) in [6.45, 7) is 4.02. The lowest BCUT2D eigenvalue weighted by molar-refractivity contribution is 0.0916. The van der Waals surface area contributed by atoms with Gasteiger partial charge in [-0.15, -0.1) is 0 Å². The Morgan fingerprint density at radius 2 is 2.07 bits per heavy atom. The largest absolute Gasteiger partial charge is 0.398 e. The van der Waals surface area contributed by atoms with Crippen LogP contribution in [0, 0.1) is 23.1 Å². The molecule has 142 valence electrons. The van der Waals surface area contributed by atoms with Gasteiger partial charge in [-0.25, -0.2) is 14.4 Å². The summed E-state index contributed by atoms with van der Waals surface area (Å²) in [5.74, 6) is 6.43. The lowest BCUT2D eigenvalue weighted by Crippen LogP contribution is -2.51. The molecule has 1 aliphatic rings. The van der Waals surface area contributed by atoms with Crippen molar-refractivity contribution in [3.63, 3.8) is 0 Å². The van der Waals surface area contributed by atoms with Crippen molar-refractivity contribution >= 4 is 39.7 Å². The number of likely N-dealkylation sites (tertiary alicyclic amines) is 1. The Labute approximate surface area is 167 Å². The fourth-order valence-electron chi connectivity index (χ4n) is 3.50. The molecule has 0 amide bonds. The van der Waals surface area contributed by atoms with Crippen LogP contribution in [0.15, 0.2) is 36.7 Å². The fraction of sp³-hybridized carbons (Fsp3) is 0.238. The monoisotopic (exact) mass is 395 g/mol. The van der Waals surface area contributed by atoms with Gasteiger partial charge in [0.25, 0.3) is 0 Å². The van der Waals surface area contributed by atoms with Crippen LogP contribution in [0.3, 0.4) is 0 Å². The molecule has 4 rings (SSSR count). The predicted octanol–water partition coefficient (Wildman–Crippen LogP) is 4.05. The molecule has 0 atom stereocenters. The summed E-state index contributed by atoms with van der Waals surface area (Å²) in [6, 6.07) is 8.35. The van der Waals surface area contributed by atoms with E-state index in [-0.39, 0.29) is 16.1 Å². The summed E-state index contributed by atoms with van der Waals surface area (Å²) in [6.07, 6.45) is 1.42.